The number of allylic oxidation sites excluding steroid dienone is 5. The minimum atomic E-state index is -5.11. The van der Waals surface area contributed by atoms with Crippen molar-refractivity contribution in [2.24, 2.45) is 0 Å². The van der Waals surface area contributed by atoms with E-state index in [4.69, 9.17) is 11.6 Å². The molecule has 0 bridgehead atoms. The number of carbonyl (C=O) groups is 1. The van der Waals surface area contributed by atoms with E-state index in [1.165, 1.54) is 13.0 Å². The first kappa shape index (κ1) is 22.6. The Hall–Kier alpha value is -2.42. The van der Waals surface area contributed by atoms with Crippen molar-refractivity contribution in [1.29, 1.82) is 0 Å². The topological polar surface area (TPSA) is 49.3 Å². The van der Waals surface area contributed by atoms with Gasteiger partial charge in [0, 0.05) is 16.3 Å². The van der Waals surface area contributed by atoms with Crippen LogP contribution in [0.3, 0.4) is 0 Å². The molecule has 1 aromatic carbocycles. The van der Waals surface area contributed by atoms with E-state index in [0.29, 0.717) is 6.08 Å². The van der Waals surface area contributed by atoms with Crippen LogP contribution in [0.4, 0.5) is 26.3 Å². The molecule has 1 amide bonds. The molecule has 0 spiro atoms. The quantitative estimate of drug-likeness (QED) is 0.482. The van der Waals surface area contributed by atoms with Crippen molar-refractivity contribution < 1.29 is 36.2 Å². The van der Waals surface area contributed by atoms with Gasteiger partial charge in [0.25, 0.3) is 5.91 Å². The van der Waals surface area contributed by atoms with Gasteiger partial charge in [-0.15, -0.1) is 0 Å². The number of aromatic hydroxyl groups is 1. The monoisotopic (exact) mass is 413 g/mol. The van der Waals surface area contributed by atoms with Crippen LogP contribution in [0, 0.1) is 0 Å². The maximum absolute atomic E-state index is 13.1. The van der Waals surface area contributed by atoms with Crippen LogP contribution in [0.2, 0.25) is 5.02 Å². The summed E-state index contributed by atoms with van der Waals surface area (Å²) in [6.07, 6.45) is -10.1. The number of hydrogen-bond acceptors (Lipinski definition) is 2. The lowest BCUT2D eigenvalue weighted by Gasteiger charge is -2.14. The summed E-state index contributed by atoms with van der Waals surface area (Å²) in [7, 11) is 0. The molecule has 0 aliphatic carbocycles. The molecule has 1 aromatic rings. The fourth-order valence-corrected chi connectivity index (χ4v) is 1.96. The molecule has 10 heteroatoms. The number of rotatable bonds is 5. The van der Waals surface area contributed by atoms with E-state index in [1.807, 2.05) is 0 Å². The Bertz CT molecular complexity index is 794. The van der Waals surface area contributed by atoms with Crippen LogP contribution in [0.5, 0.6) is 5.75 Å². The van der Waals surface area contributed by atoms with E-state index < -0.39 is 35.2 Å². The van der Waals surface area contributed by atoms with Gasteiger partial charge in [0.2, 0.25) is 0 Å². The zero-order valence-electron chi connectivity index (χ0n) is 13.8. The molecule has 0 saturated heterocycles. The number of amides is 1. The van der Waals surface area contributed by atoms with Crippen LogP contribution in [-0.4, -0.2) is 23.4 Å². The molecule has 0 atom stereocenters. The van der Waals surface area contributed by atoms with Gasteiger partial charge in [-0.1, -0.05) is 25.1 Å². The van der Waals surface area contributed by atoms with Crippen molar-refractivity contribution in [3.8, 4) is 5.75 Å². The normalized spacial score (nSPS) is 13.5. The Balaban J connectivity index is 3.24. The molecule has 2 N–H and O–H groups in total. The second kappa shape index (κ2) is 8.51. The average Bonchev–Trinajstić information content (AvgIpc) is 2.53. The third-order valence-electron chi connectivity index (χ3n) is 3.21. The van der Waals surface area contributed by atoms with Crippen molar-refractivity contribution in [2.45, 2.75) is 25.7 Å². The SMILES string of the molecule is C=C(C=C(C=C(CC)NC(=O)c1cc(Cl)ccc1O)C(F)(F)F)C(F)(F)F. The number of nitrogens with one attached hydrogen (secondary N) is 1. The molecule has 148 valence electrons. The second-order valence-electron chi connectivity index (χ2n) is 5.26. The van der Waals surface area contributed by atoms with Crippen LogP contribution in [0.25, 0.3) is 0 Å². The number of phenols is 1. The van der Waals surface area contributed by atoms with Crippen molar-refractivity contribution >= 4 is 17.5 Å². The highest BCUT2D eigenvalue weighted by molar-refractivity contribution is 6.31. The van der Waals surface area contributed by atoms with Gasteiger partial charge in [0.1, 0.15) is 5.75 Å². The van der Waals surface area contributed by atoms with Crippen molar-refractivity contribution in [3.05, 3.63) is 64.4 Å². The summed E-state index contributed by atoms with van der Waals surface area (Å²) in [6.45, 7) is 3.96. The zero-order chi connectivity index (χ0) is 21.0. The molecular formula is C17H14ClF6NO2. The van der Waals surface area contributed by atoms with E-state index in [0.717, 1.165) is 12.1 Å². The summed E-state index contributed by atoms with van der Waals surface area (Å²) in [5.41, 5.74) is -3.96. The molecule has 0 aromatic heterocycles. The number of benzene rings is 1. The Kier molecular flexibility index (Phi) is 7.13. The molecule has 0 radical (unpaired) electrons. The molecule has 0 aliphatic rings. The summed E-state index contributed by atoms with van der Waals surface area (Å²) >= 11 is 5.70. The smallest absolute Gasteiger partial charge is 0.416 e. The van der Waals surface area contributed by atoms with Crippen molar-refractivity contribution in [3.63, 3.8) is 0 Å². The summed E-state index contributed by atoms with van der Waals surface area (Å²) in [5, 5.41) is 11.9. The third kappa shape index (κ3) is 6.67. The molecule has 0 aliphatic heterocycles. The molecule has 0 saturated carbocycles. The summed E-state index contributed by atoms with van der Waals surface area (Å²) in [6, 6.07) is 3.49. The molecule has 0 unspecified atom stereocenters. The average molecular weight is 414 g/mol. The Morgan fingerprint density at radius 1 is 1.19 bits per heavy atom. The van der Waals surface area contributed by atoms with Crippen LogP contribution in [0.1, 0.15) is 23.7 Å². The summed E-state index contributed by atoms with van der Waals surface area (Å²) in [5.74, 6) is -1.44. The predicted octanol–water partition coefficient (Wildman–Crippen LogP) is 5.68. The maximum Gasteiger partial charge on any atom is 0.416 e. The summed E-state index contributed by atoms with van der Waals surface area (Å²) < 4.78 is 76.6. The lowest BCUT2D eigenvalue weighted by atomic mass is 10.1. The minimum Gasteiger partial charge on any atom is -0.507 e. The largest absolute Gasteiger partial charge is 0.507 e. The Labute approximate surface area is 155 Å². The van der Waals surface area contributed by atoms with Gasteiger partial charge in [-0.2, -0.15) is 26.3 Å². The highest BCUT2D eigenvalue weighted by Gasteiger charge is 2.36. The lowest BCUT2D eigenvalue weighted by molar-refractivity contribution is -0.0932. The number of carbonyl (C=O) groups excluding carboxylic acids is 1. The van der Waals surface area contributed by atoms with Gasteiger partial charge in [0.05, 0.1) is 11.1 Å². The van der Waals surface area contributed by atoms with Gasteiger partial charge in [-0.25, -0.2) is 0 Å². The van der Waals surface area contributed by atoms with Gasteiger partial charge in [-0.3, -0.25) is 4.79 Å². The fourth-order valence-electron chi connectivity index (χ4n) is 1.79. The van der Waals surface area contributed by atoms with Crippen LogP contribution >= 0.6 is 11.6 Å². The fraction of sp³-hybridized carbons (Fsp3) is 0.235. The Morgan fingerprint density at radius 2 is 1.78 bits per heavy atom. The predicted molar refractivity (Wildman–Crippen MR) is 88.3 cm³/mol. The highest BCUT2D eigenvalue weighted by Crippen LogP contribution is 2.33. The molecule has 27 heavy (non-hydrogen) atoms. The number of alkyl halides is 6. The van der Waals surface area contributed by atoms with Gasteiger partial charge < -0.3 is 10.4 Å². The van der Waals surface area contributed by atoms with Crippen LogP contribution in [0.15, 0.2) is 53.8 Å². The maximum atomic E-state index is 13.1. The molecule has 0 heterocycles. The molecule has 1 rings (SSSR count). The lowest BCUT2D eigenvalue weighted by Crippen LogP contribution is -2.24. The first-order valence-electron chi connectivity index (χ1n) is 7.31. The Morgan fingerprint density at radius 3 is 2.26 bits per heavy atom. The molecular weight excluding hydrogens is 400 g/mol. The first-order chi connectivity index (χ1) is 12.3. The van der Waals surface area contributed by atoms with Crippen molar-refractivity contribution in [1.82, 2.24) is 5.32 Å². The number of hydrogen-bond donors (Lipinski definition) is 2. The number of phenolic OH excluding ortho intramolecular Hbond substituents is 1. The van der Waals surface area contributed by atoms with E-state index >= 15 is 0 Å². The highest BCUT2D eigenvalue weighted by atomic mass is 35.5. The first-order valence-corrected chi connectivity index (χ1v) is 7.69. The van der Waals surface area contributed by atoms with E-state index in [9.17, 15) is 36.2 Å². The molecule has 0 fully saturated rings. The van der Waals surface area contributed by atoms with Gasteiger partial charge in [0.15, 0.2) is 0 Å². The van der Waals surface area contributed by atoms with Crippen molar-refractivity contribution in [2.75, 3.05) is 0 Å². The standard InChI is InChI=1S/C17H14ClF6NO2/c1-3-12(25-15(27)13-8-11(18)4-5-14(13)26)7-10(17(22,23)24)6-9(2)16(19,20)21/h4-8,26H,2-3H2,1H3,(H,25,27). The van der Waals surface area contributed by atoms with E-state index in [1.54, 1.807) is 0 Å². The third-order valence-corrected chi connectivity index (χ3v) is 3.44. The van der Waals surface area contributed by atoms with E-state index in [-0.39, 0.29) is 28.8 Å². The van der Waals surface area contributed by atoms with Crippen LogP contribution < -0.4 is 5.32 Å². The number of halogens is 7. The van der Waals surface area contributed by atoms with Gasteiger partial charge >= 0.3 is 12.4 Å². The van der Waals surface area contributed by atoms with Gasteiger partial charge in [-0.05, 0) is 36.8 Å². The van der Waals surface area contributed by atoms with Crippen LogP contribution in [-0.2, 0) is 0 Å². The summed E-state index contributed by atoms with van der Waals surface area (Å²) in [4.78, 5) is 12.1. The minimum absolute atomic E-state index is 0.0948. The molecule has 3 nitrogen and oxygen atoms in total. The van der Waals surface area contributed by atoms with E-state index in [2.05, 4.69) is 11.9 Å². The zero-order valence-corrected chi connectivity index (χ0v) is 14.6. The second-order valence-corrected chi connectivity index (χ2v) is 5.70.